The van der Waals surface area contributed by atoms with E-state index in [1.807, 2.05) is 26.0 Å². The van der Waals surface area contributed by atoms with Crippen molar-refractivity contribution < 1.29 is 13.2 Å². The van der Waals surface area contributed by atoms with Gasteiger partial charge in [-0.05, 0) is 37.1 Å². The average molecular weight is 293 g/mol. The van der Waals surface area contributed by atoms with Crippen molar-refractivity contribution in [3.05, 3.63) is 46.8 Å². The van der Waals surface area contributed by atoms with E-state index in [0.29, 0.717) is 12.1 Å². The smallest absolute Gasteiger partial charge is 0.236 e. The average Bonchev–Trinajstić information content (AvgIpc) is 2.88. The van der Waals surface area contributed by atoms with E-state index in [0.717, 1.165) is 29.9 Å². The van der Waals surface area contributed by atoms with Gasteiger partial charge < -0.3 is 0 Å². The standard InChI is InChI=1S/C15H14F3N3/c1-3-12-8-13(4-2)21(20-12)14-6-5-11(15(16,17)18)7-10(14)9-19/h5-8H,3-4H2,1-2H3. The molecule has 110 valence electrons. The number of hydrogen-bond donors (Lipinski definition) is 0. The van der Waals surface area contributed by atoms with Crippen LogP contribution >= 0.6 is 0 Å². The van der Waals surface area contributed by atoms with E-state index in [-0.39, 0.29) is 5.56 Å². The lowest BCUT2D eigenvalue weighted by Gasteiger charge is -2.11. The molecule has 0 amide bonds. The Morgan fingerprint density at radius 1 is 1.19 bits per heavy atom. The van der Waals surface area contributed by atoms with E-state index in [1.54, 1.807) is 4.68 Å². The first-order valence-corrected chi connectivity index (χ1v) is 6.60. The minimum absolute atomic E-state index is 0.0368. The first-order valence-electron chi connectivity index (χ1n) is 6.60. The molecule has 0 saturated carbocycles. The molecule has 0 aliphatic rings. The van der Waals surface area contributed by atoms with Crippen molar-refractivity contribution in [1.29, 1.82) is 5.26 Å². The molecule has 0 aliphatic heterocycles. The zero-order chi connectivity index (χ0) is 15.6. The number of nitrogens with zero attached hydrogens (tertiary/aromatic N) is 3. The number of aryl methyl sites for hydroxylation is 2. The van der Waals surface area contributed by atoms with Crippen LogP contribution in [0.25, 0.3) is 5.69 Å². The number of hydrogen-bond acceptors (Lipinski definition) is 2. The summed E-state index contributed by atoms with van der Waals surface area (Å²) in [4.78, 5) is 0. The lowest BCUT2D eigenvalue weighted by Crippen LogP contribution is -2.09. The Labute approximate surface area is 120 Å². The van der Waals surface area contributed by atoms with Crippen LogP contribution in [-0.2, 0) is 19.0 Å². The highest BCUT2D eigenvalue weighted by Crippen LogP contribution is 2.31. The van der Waals surface area contributed by atoms with Gasteiger partial charge in [-0.3, -0.25) is 0 Å². The maximum absolute atomic E-state index is 12.7. The maximum atomic E-state index is 12.7. The lowest BCUT2D eigenvalue weighted by molar-refractivity contribution is -0.137. The minimum Gasteiger partial charge on any atom is -0.236 e. The molecule has 0 aliphatic carbocycles. The molecule has 21 heavy (non-hydrogen) atoms. The molecule has 0 saturated heterocycles. The Morgan fingerprint density at radius 2 is 1.90 bits per heavy atom. The van der Waals surface area contributed by atoms with E-state index in [2.05, 4.69) is 5.10 Å². The second-order valence-corrected chi connectivity index (χ2v) is 4.59. The van der Waals surface area contributed by atoms with Gasteiger partial charge in [0.05, 0.1) is 22.5 Å². The monoisotopic (exact) mass is 293 g/mol. The number of benzene rings is 1. The van der Waals surface area contributed by atoms with Crippen LogP contribution in [0, 0.1) is 11.3 Å². The maximum Gasteiger partial charge on any atom is 0.416 e. The number of nitriles is 1. The summed E-state index contributed by atoms with van der Waals surface area (Å²) >= 11 is 0. The van der Waals surface area contributed by atoms with E-state index in [1.165, 1.54) is 6.07 Å². The summed E-state index contributed by atoms with van der Waals surface area (Å²) in [6.45, 7) is 3.88. The molecule has 0 unspecified atom stereocenters. The van der Waals surface area contributed by atoms with Crippen LogP contribution in [0.4, 0.5) is 13.2 Å². The largest absolute Gasteiger partial charge is 0.416 e. The molecule has 0 N–H and O–H groups in total. The van der Waals surface area contributed by atoms with Gasteiger partial charge in [0.1, 0.15) is 6.07 Å². The highest BCUT2D eigenvalue weighted by Gasteiger charge is 2.31. The molecule has 1 aromatic carbocycles. The summed E-state index contributed by atoms with van der Waals surface area (Å²) in [6, 6.07) is 6.86. The third-order valence-corrected chi connectivity index (χ3v) is 3.23. The molecular formula is C15H14F3N3. The highest BCUT2D eigenvalue weighted by atomic mass is 19.4. The predicted molar refractivity (Wildman–Crippen MR) is 72.0 cm³/mol. The van der Waals surface area contributed by atoms with Crippen molar-refractivity contribution in [3.63, 3.8) is 0 Å². The third kappa shape index (κ3) is 2.92. The normalized spacial score (nSPS) is 11.4. The quantitative estimate of drug-likeness (QED) is 0.861. The summed E-state index contributed by atoms with van der Waals surface area (Å²) in [5.74, 6) is 0. The molecular weight excluding hydrogens is 279 g/mol. The fourth-order valence-corrected chi connectivity index (χ4v) is 2.09. The van der Waals surface area contributed by atoms with Crippen LogP contribution in [0.3, 0.4) is 0 Å². The van der Waals surface area contributed by atoms with Crippen molar-refractivity contribution in [2.24, 2.45) is 0 Å². The molecule has 3 nitrogen and oxygen atoms in total. The Balaban J connectivity index is 2.60. The highest BCUT2D eigenvalue weighted by molar-refractivity contribution is 5.51. The second-order valence-electron chi connectivity index (χ2n) is 4.59. The van der Waals surface area contributed by atoms with Gasteiger partial charge in [-0.15, -0.1) is 0 Å². The Morgan fingerprint density at radius 3 is 2.43 bits per heavy atom. The summed E-state index contributed by atoms with van der Waals surface area (Å²) in [7, 11) is 0. The molecule has 1 aromatic heterocycles. The fourth-order valence-electron chi connectivity index (χ4n) is 2.09. The minimum atomic E-state index is -4.46. The first kappa shape index (κ1) is 15.1. The Hall–Kier alpha value is -2.29. The van der Waals surface area contributed by atoms with Crippen LogP contribution in [0.1, 0.15) is 36.4 Å². The summed E-state index contributed by atoms with van der Waals surface area (Å²) in [6.07, 6.45) is -3.06. The molecule has 0 radical (unpaired) electrons. The zero-order valence-corrected chi connectivity index (χ0v) is 11.7. The fraction of sp³-hybridized carbons (Fsp3) is 0.333. The van der Waals surface area contributed by atoms with E-state index >= 15 is 0 Å². The van der Waals surface area contributed by atoms with Crippen molar-refractivity contribution >= 4 is 0 Å². The van der Waals surface area contributed by atoms with Gasteiger partial charge in [-0.2, -0.15) is 23.5 Å². The number of rotatable bonds is 3. The second kappa shape index (κ2) is 5.60. The lowest BCUT2D eigenvalue weighted by atomic mass is 10.1. The molecule has 0 atom stereocenters. The van der Waals surface area contributed by atoms with Crippen LogP contribution in [-0.4, -0.2) is 9.78 Å². The molecule has 0 fully saturated rings. The van der Waals surface area contributed by atoms with Gasteiger partial charge in [0.15, 0.2) is 0 Å². The van der Waals surface area contributed by atoms with Crippen molar-refractivity contribution in [3.8, 4) is 11.8 Å². The Bertz CT molecular complexity index is 693. The van der Waals surface area contributed by atoms with Gasteiger partial charge in [0.2, 0.25) is 0 Å². The zero-order valence-electron chi connectivity index (χ0n) is 11.7. The van der Waals surface area contributed by atoms with Gasteiger partial charge in [0.25, 0.3) is 0 Å². The first-order chi connectivity index (χ1) is 9.90. The van der Waals surface area contributed by atoms with Gasteiger partial charge in [0, 0.05) is 5.69 Å². The molecule has 2 aromatic rings. The summed E-state index contributed by atoms with van der Waals surface area (Å²) < 4.78 is 39.7. The van der Waals surface area contributed by atoms with Crippen molar-refractivity contribution in [2.45, 2.75) is 32.9 Å². The molecule has 2 rings (SSSR count). The number of alkyl halides is 3. The van der Waals surface area contributed by atoms with Crippen LogP contribution in [0.15, 0.2) is 24.3 Å². The van der Waals surface area contributed by atoms with Gasteiger partial charge in [-0.1, -0.05) is 13.8 Å². The number of halogens is 3. The topological polar surface area (TPSA) is 41.6 Å². The third-order valence-electron chi connectivity index (χ3n) is 3.23. The van der Waals surface area contributed by atoms with Gasteiger partial charge >= 0.3 is 6.18 Å². The van der Waals surface area contributed by atoms with E-state index < -0.39 is 11.7 Å². The van der Waals surface area contributed by atoms with Crippen LogP contribution in [0.2, 0.25) is 0 Å². The number of aromatic nitrogens is 2. The molecule has 0 spiro atoms. The molecule has 0 bridgehead atoms. The molecule has 1 heterocycles. The van der Waals surface area contributed by atoms with Crippen LogP contribution in [0.5, 0.6) is 0 Å². The summed E-state index contributed by atoms with van der Waals surface area (Å²) in [5, 5.41) is 13.5. The predicted octanol–water partition coefficient (Wildman–Crippen LogP) is 3.89. The van der Waals surface area contributed by atoms with Crippen LogP contribution < -0.4 is 0 Å². The van der Waals surface area contributed by atoms with E-state index in [9.17, 15) is 13.2 Å². The summed E-state index contributed by atoms with van der Waals surface area (Å²) in [5.41, 5.74) is 1.22. The van der Waals surface area contributed by atoms with E-state index in [4.69, 9.17) is 5.26 Å². The Kier molecular flexibility index (Phi) is 4.03. The molecule has 6 heteroatoms. The van der Waals surface area contributed by atoms with Crippen molar-refractivity contribution in [2.75, 3.05) is 0 Å². The SMILES string of the molecule is CCc1cc(CC)n(-c2ccc(C(F)(F)F)cc2C#N)n1. The van der Waals surface area contributed by atoms with Crippen molar-refractivity contribution in [1.82, 2.24) is 9.78 Å². The van der Waals surface area contributed by atoms with Gasteiger partial charge in [-0.25, -0.2) is 4.68 Å².